The average Bonchev–Trinajstić information content (AvgIpc) is 3.12. The zero-order valence-corrected chi connectivity index (χ0v) is 24.5. The van der Waals surface area contributed by atoms with Crippen LogP contribution in [0.4, 0.5) is 5.69 Å². The van der Waals surface area contributed by atoms with Crippen molar-refractivity contribution in [1.82, 2.24) is 0 Å². The van der Waals surface area contributed by atoms with E-state index in [0.29, 0.717) is 55.4 Å². The molecule has 0 radical (unpaired) electrons. The summed E-state index contributed by atoms with van der Waals surface area (Å²) in [5, 5.41) is 1.04. The first kappa shape index (κ1) is 27.1. The first-order valence-corrected chi connectivity index (χ1v) is 13.8. The van der Waals surface area contributed by atoms with Crippen molar-refractivity contribution in [1.29, 1.82) is 0 Å². The summed E-state index contributed by atoms with van der Waals surface area (Å²) in [5.41, 5.74) is 2.25. The highest BCUT2D eigenvalue weighted by atomic mass is 127. The van der Waals surface area contributed by atoms with Crippen LogP contribution in [0.3, 0.4) is 0 Å². The molecule has 4 rings (SSSR count). The van der Waals surface area contributed by atoms with Crippen LogP contribution in [-0.2, 0) is 11.4 Å². The summed E-state index contributed by atoms with van der Waals surface area (Å²) in [4.78, 5) is 15.2. The number of methoxy groups -OCH3 is 1. The molecule has 1 amide bonds. The molecule has 3 aromatic carbocycles. The Morgan fingerprint density at radius 1 is 1.06 bits per heavy atom. The van der Waals surface area contributed by atoms with Crippen LogP contribution in [-0.4, -0.2) is 23.9 Å². The molecule has 1 saturated heterocycles. The Bertz CT molecular complexity index is 1370. The number of benzene rings is 3. The van der Waals surface area contributed by atoms with Crippen molar-refractivity contribution in [2.24, 2.45) is 0 Å². The van der Waals surface area contributed by atoms with Gasteiger partial charge in [0, 0.05) is 10.6 Å². The molecule has 10 heteroatoms. The van der Waals surface area contributed by atoms with Gasteiger partial charge in [-0.15, -0.1) is 0 Å². The summed E-state index contributed by atoms with van der Waals surface area (Å²) in [6, 6.07) is 16.4. The quantitative estimate of drug-likeness (QED) is 0.137. The van der Waals surface area contributed by atoms with Crippen LogP contribution in [0.25, 0.3) is 6.08 Å². The Balaban J connectivity index is 1.61. The van der Waals surface area contributed by atoms with Gasteiger partial charge in [-0.05, 0) is 77.6 Å². The Labute approximate surface area is 242 Å². The van der Waals surface area contributed by atoms with Crippen molar-refractivity contribution >= 4 is 91.8 Å². The third kappa shape index (κ3) is 5.94. The van der Waals surface area contributed by atoms with Crippen LogP contribution >= 0.6 is 69.8 Å². The second-order valence-electron chi connectivity index (χ2n) is 7.48. The second kappa shape index (κ2) is 12.0. The van der Waals surface area contributed by atoms with E-state index in [0.717, 1.165) is 14.7 Å². The molecule has 1 heterocycles. The van der Waals surface area contributed by atoms with Gasteiger partial charge in [-0.25, -0.2) is 0 Å². The molecule has 3 aromatic rings. The van der Waals surface area contributed by atoms with Crippen molar-refractivity contribution in [2.45, 2.75) is 13.5 Å². The zero-order chi connectivity index (χ0) is 25.8. The zero-order valence-electron chi connectivity index (χ0n) is 19.2. The second-order valence-corrected chi connectivity index (χ2v) is 11.1. The van der Waals surface area contributed by atoms with E-state index in [-0.39, 0.29) is 5.91 Å². The highest BCUT2D eigenvalue weighted by Gasteiger charge is 2.33. The van der Waals surface area contributed by atoms with Crippen molar-refractivity contribution in [2.75, 3.05) is 18.6 Å². The lowest BCUT2D eigenvalue weighted by Crippen LogP contribution is -2.27. The molecule has 36 heavy (non-hydrogen) atoms. The van der Waals surface area contributed by atoms with Crippen molar-refractivity contribution in [3.8, 4) is 17.2 Å². The molecule has 186 valence electrons. The number of halogens is 3. The smallest absolute Gasteiger partial charge is 0.270 e. The maximum absolute atomic E-state index is 13.2. The number of anilines is 1. The molecule has 1 aliphatic rings. The van der Waals surface area contributed by atoms with Crippen molar-refractivity contribution in [3.63, 3.8) is 0 Å². The molecule has 0 aliphatic carbocycles. The lowest BCUT2D eigenvalue weighted by molar-refractivity contribution is -0.113. The van der Waals surface area contributed by atoms with Gasteiger partial charge in [0.2, 0.25) is 0 Å². The third-order valence-electron chi connectivity index (χ3n) is 5.15. The highest BCUT2D eigenvalue weighted by Crippen LogP contribution is 2.40. The minimum atomic E-state index is -0.224. The van der Waals surface area contributed by atoms with E-state index >= 15 is 0 Å². The summed E-state index contributed by atoms with van der Waals surface area (Å²) >= 11 is 21.5. The minimum Gasteiger partial charge on any atom is -0.495 e. The number of carbonyl (C=O) groups excluding carboxylic acids is 1. The fourth-order valence-electron chi connectivity index (χ4n) is 3.48. The number of nitrogens with zero attached hydrogens (tertiary/aromatic N) is 1. The lowest BCUT2D eigenvalue weighted by Gasteiger charge is -2.16. The van der Waals surface area contributed by atoms with Gasteiger partial charge in [0.15, 0.2) is 15.8 Å². The minimum absolute atomic E-state index is 0.224. The van der Waals surface area contributed by atoms with E-state index < -0.39 is 0 Å². The maximum Gasteiger partial charge on any atom is 0.270 e. The molecule has 0 unspecified atom stereocenters. The summed E-state index contributed by atoms with van der Waals surface area (Å²) in [6.45, 7) is 2.67. The van der Waals surface area contributed by atoms with E-state index in [1.165, 1.54) is 23.8 Å². The van der Waals surface area contributed by atoms with Gasteiger partial charge in [-0.2, -0.15) is 0 Å². The Hall–Kier alpha value is -1.98. The number of thiocarbonyl (C=S) groups is 1. The van der Waals surface area contributed by atoms with Crippen LogP contribution in [0.15, 0.2) is 59.5 Å². The summed E-state index contributed by atoms with van der Waals surface area (Å²) in [6.07, 6.45) is 1.80. The van der Waals surface area contributed by atoms with Gasteiger partial charge in [-0.1, -0.05) is 65.4 Å². The topological polar surface area (TPSA) is 48.0 Å². The largest absolute Gasteiger partial charge is 0.495 e. The van der Waals surface area contributed by atoms with E-state index in [1.54, 1.807) is 24.3 Å². The maximum atomic E-state index is 13.2. The average molecular weight is 672 g/mol. The van der Waals surface area contributed by atoms with E-state index in [2.05, 4.69) is 22.6 Å². The summed E-state index contributed by atoms with van der Waals surface area (Å²) in [5.74, 6) is 1.50. The standard InChI is InChI=1S/C26H20Cl2INO4S2/c1-3-33-22-11-15(10-20(29)24(22)34-14-16-6-4-5-7-18(16)27)12-23-25(31)30(26(35)36-23)17-8-9-21(32-2)19(28)13-17/h4-13H,3,14H2,1-2H3/b23-12+. The first-order valence-electron chi connectivity index (χ1n) is 10.8. The molecule has 1 aliphatic heterocycles. The van der Waals surface area contributed by atoms with E-state index in [1.807, 2.05) is 43.3 Å². The Morgan fingerprint density at radius 2 is 1.83 bits per heavy atom. The molecular formula is C26H20Cl2INO4S2. The summed E-state index contributed by atoms with van der Waals surface area (Å²) in [7, 11) is 1.54. The van der Waals surface area contributed by atoms with Gasteiger partial charge in [0.25, 0.3) is 5.91 Å². The number of ether oxygens (including phenoxy) is 3. The normalized spacial score (nSPS) is 14.5. The van der Waals surface area contributed by atoms with E-state index in [4.69, 9.17) is 49.6 Å². The highest BCUT2D eigenvalue weighted by molar-refractivity contribution is 14.1. The van der Waals surface area contributed by atoms with Gasteiger partial charge < -0.3 is 14.2 Å². The third-order valence-corrected chi connectivity index (χ3v) is 7.91. The Morgan fingerprint density at radius 3 is 2.53 bits per heavy atom. The summed E-state index contributed by atoms with van der Waals surface area (Å²) < 4.78 is 18.4. The molecule has 0 spiro atoms. The number of carbonyl (C=O) groups is 1. The van der Waals surface area contributed by atoms with Gasteiger partial charge >= 0.3 is 0 Å². The lowest BCUT2D eigenvalue weighted by atomic mass is 10.1. The SMILES string of the molecule is CCOc1cc(/C=C2/SC(=S)N(c3ccc(OC)c(Cl)c3)C2=O)cc(I)c1OCc1ccccc1Cl. The first-order chi connectivity index (χ1) is 17.3. The van der Waals surface area contributed by atoms with Crippen LogP contribution in [0, 0.1) is 3.57 Å². The van der Waals surface area contributed by atoms with Crippen LogP contribution in [0.1, 0.15) is 18.1 Å². The van der Waals surface area contributed by atoms with Crippen LogP contribution in [0.5, 0.6) is 17.2 Å². The molecule has 0 saturated carbocycles. The monoisotopic (exact) mass is 671 g/mol. The molecule has 1 fully saturated rings. The fraction of sp³-hybridized carbons (Fsp3) is 0.154. The van der Waals surface area contributed by atoms with Gasteiger partial charge in [0.1, 0.15) is 12.4 Å². The molecule has 0 bridgehead atoms. The predicted molar refractivity (Wildman–Crippen MR) is 160 cm³/mol. The molecule has 0 aromatic heterocycles. The van der Waals surface area contributed by atoms with Gasteiger partial charge in [0.05, 0.1) is 32.9 Å². The fourth-order valence-corrected chi connectivity index (χ4v) is 6.00. The van der Waals surface area contributed by atoms with Crippen molar-refractivity contribution < 1.29 is 19.0 Å². The predicted octanol–water partition coefficient (Wildman–Crippen LogP) is 7.99. The number of amides is 1. The number of hydrogen-bond donors (Lipinski definition) is 0. The number of hydrogen-bond acceptors (Lipinski definition) is 6. The van der Waals surface area contributed by atoms with Crippen molar-refractivity contribution in [3.05, 3.63) is 84.2 Å². The van der Waals surface area contributed by atoms with Gasteiger partial charge in [-0.3, -0.25) is 9.69 Å². The number of rotatable bonds is 8. The van der Waals surface area contributed by atoms with E-state index in [9.17, 15) is 4.79 Å². The Kier molecular flexibility index (Phi) is 9.05. The van der Waals surface area contributed by atoms with Crippen LogP contribution in [0.2, 0.25) is 10.0 Å². The van der Waals surface area contributed by atoms with Crippen LogP contribution < -0.4 is 19.1 Å². The molecular weight excluding hydrogens is 652 g/mol. The molecule has 5 nitrogen and oxygen atoms in total. The number of thioether (sulfide) groups is 1. The molecule has 0 N–H and O–H groups in total. The molecule has 0 atom stereocenters.